The van der Waals surface area contributed by atoms with Crippen molar-refractivity contribution in [2.24, 2.45) is 5.92 Å². The van der Waals surface area contributed by atoms with Crippen LogP contribution in [-0.2, 0) is 15.6 Å². The number of rotatable bonds is 7. The Morgan fingerprint density at radius 3 is 2.62 bits per heavy atom. The molecular formula is C11H21NO3S. The topological polar surface area (TPSA) is 57.6 Å². The quantitative estimate of drug-likeness (QED) is 0.727. The van der Waals surface area contributed by atoms with E-state index in [9.17, 15) is 9.00 Å². The second-order valence-corrected chi connectivity index (χ2v) is 6.07. The van der Waals surface area contributed by atoms with Crippen molar-refractivity contribution in [2.45, 2.75) is 26.2 Å². The molecule has 0 spiro atoms. The van der Waals surface area contributed by atoms with E-state index in [1.165, 1.54) is 12.8 Å². The third kappa shape index (κ3) is 5.07. The fraction of sp³-hybridized carbons (Fsp3) is 0.909. The summed E-state index contributed by atoms with van der Waals surface area (Å²) >= 11 is 0. The van der Waals surface area contributed by atoms with Crippen LogP contribution in [0.25, 0.3) is 0 Å². The van der Waals surface area contributed by atoms with Gasteiger partial charge in [0.05, 0.1) is 5.92 Å². The highest BCUT2D eigenvalue weighted by Gasteiger charge is 2.15. The first-order valence-corrected chi connectivity index (χ1v) is 7.38. The van der Waals surface area contributed by atoms with E-state index in [0.717, 1.165) is 26.1 Å². The molecule has 0 radical (unpaired) electrons. The van der Waals surface area contributed by atoms with Crippen molar-refractivity contribution in [3.05, 3.63) is 0 Å². The largest absolute Gasteiger partial charge is 0.481 e. The third-order valence-electron chi connectivity index (χ3n) is 2.90. The van der Waals surface area contributed by atoms with Gasteiger partial charge in [0, 0.05) is 22.3 Å². The Morgan fingerprint density at radius 1 is 1.44 bits per heavy atom. The van der Waals surface area contributed by atoms with E-state index in [2.05, 4.69) is 4.90 Å². The fourth-order valence-electron chi connectivity index (χ4n) is 1.89. The Kier molecular flexibility index (Phi) is 5.98. The highest BCUT2D eigenvalue weighted by molar-refractivity contribution is 7.85. The molecule has 2 atom stereocenters. The SMILES string of the molecule is CC(CS(=O)CCCN1CCCC1)C(=O)O. The maximum absolute atomic E-state index is 11.6. The van der Waals surface area contributed by atoms with E-state index < -0.39 is 22.7 Å². The predicted octanol–water partition coefficient (Wildman–Crippen LogP) is 0.942. The lowest BCUT2D eigenvalue weighted by molar-refractivity contribution is -0.140. The minimum Gasteiger partial charge on any atom is -0.481 e. The van der Waals surface area contributed by atoms with E-state index in [1.54, 1.807) is 6.92 Å². The van der Waals surface area contributed by atoms with Gasteiger partial charge < -0.3 is 10.0 Å². The molecule has 0 amide bonds. The van der Waals surface area contributed by atoms with Gasteiger partial charge >= 0.3 is 5.97 Å². The van der Waals surface area contributed by atoms with Gasteiger partial charge in [-0.15, -0.1) is 0 Å². The van der Waals surface area contributed by atoms with E-state index in [-0.39, 0.29) is 5.75 Å². The van der Waals surface area contributed by atoms with Gasteiger partial charge in [-0.3, -0.25) is 9.00 Å². The van der Waals surface area contributed by atoms with Crippen molar-refractivity contribution in [3.63, 3.8) is 0 Å². The van der Waals surface area contributed by atoms with E-state index in [4.69, 9.17) is 5.11 Å². The summed E-state index contributed by atoms with van der Waals surface area (Å²) < 4.78 is 11.6. The van der Waals surface area contributed by atoms with Crippen LogP contribution in [0.1, 0.15) is 26.2 Å². The van der Waals surface area contributed by atoms with Crippen LogP contribution in [0, 0.1) is 5.92 Å². The van der Waals surface area contributed by atoms with Gasteiger partial charge in [0.15, 0.2) is 0 Å². The van der Waals surface area contributed by atoms with Crippen LogP contribution in [0.2, 0.25) is 0 Å². The Balaban J connectivity index is 2.07. The zero-order valence-electron chi connectivity index (χ0n) is 9.85. The van der Waals surface area contributed by atoms with E-state index in [0.29, 0.717) is 5.75 Å². The summed E-state index contributed by atoms with van der Waals surface area (Å²) in [6.45, 7) is 4.95. The lowest BCUT2D eigenvalue weighted by Gasteiger charge is -2.14. The molecule has 1 fully saturated rings. The van der Waals surface area contributed by atoms with Crippen molar-refractivity contribution in [1.82, 2.24) is 4.90 Å². The van der Waals surface area contributed by atoms with E-state index >= 15 is 0 Å². The molecule has 16 heavy (non-hydrogen) atoms. The summed E-state index contributed by atoms with van der Waals surface area (Å²) in [5.74, 6) is -0.427. The number of nitrogens with zero attached hydrogens (tertiary/aromatic N) is 1. The molecule has 0 saturated carbocycles. The molecule has 0 aromatic carbocycles. The van der Waals surface area contributed by atoms with Gasteiger partial charge in [-0.1, -0.05) is 6.92 Å². The van der Waals surface area contributed by atoms with Gasteiger partial charge in [-0.2, -0.15) is 0 Å². The molecule has 0 aromatic heterocycles. The van der Waals surface area contributed by atoms with Crippen molar-refractivity contribution < 1.29 is 14.1 Å². The molecule has 5 heteroatoms. The maximum atomic E-state index is 11.6. The normalized spacial score (nSPS) is 20.8. The summed E-state index contributed by atoms with van der Waals surface area (Å²) in [5, 5.41) is 8.69. The zero-order chi connectivity index (χ0) is 12.0. The minimum absolute atomic E-state index is 0.287. The molecule has 1 aliphatic heterocycles. The van der Waals surface area contributed by atoms with Crippen LogP contribution in [0.3, 0.4) is 0 Å². The molecule has 0 aromatic rings. The number of hydrogen-bond donors (Lipinski definition) is 1. The Hall–Kier alpha value is -0.420. The Bertz CT molecular complexity index is 252. The highest BCUT2D eigenvalue weighted by atomic mass is 32.2. The van der Waals surface area contributed by atoms with Crippen LogP contribution in [0.4, 0.5) is 0 Å². The number of carboxylic acid groups (broad SMARTS) is 1. The average Bonchev–Trinajstić information content (AvgIpc) is 2.70. The summed E-state index contributed by atoms with van der Waals surface area (Å²) in [5.41, 5.74) is 0. The second-order valence-electron chi connectivity index (χ2n) is 4.45. The Labute approximate surface area is 99.5 Å². The van der Waals surface area contributed by atoms with Gasteiger partial charge in [0.1, 0.15) is 0 Å². The number of hydrogen-bond acceptors (Lipinski definition) is 3. The molecule has 94 valence electrons. The highest BCUT2D eigenvalue weighted by Crippen LogP contribution is 2.08. The monoisotopic (exact) mass is 247 g/mol. The molecule has 1 rings (SSSR count). The third-order valence-corrected chi connectivity index (χ3v) is 4.52. The number of carboxylic acids is 1. The minimum atomic E-state index is -0.978. The molecule has 1 heterocycles. The number of aliphatic carboxylic acids is 1. The summed E-state index contributed by atoms with van der Waals surface area (Å²) in [6.07, 6.45) is 3.47. The number of likely N-dealkylation sites (tertiary alicyclic amines) is 1. The summed E-state index contributed by atoms with van der Waals surface area (Å²) in [7, 11) is -0.978. The van der Waals surface area contributed by atoms with Gasteiger partial charge in [0.2, 0.25) is 0 Å². The Morgan fingerprint density at radius 2 is 2.06 bits per heavy atom. The average molecular weight is 247 g/mol. The molecule has 1 N–H and O–H groups in total. The fourth-order valence-corrected chi connectivity index (χ4v) is 3.21. The first kappa shape index (κ1) is 13.6. The first-order chi connectivity index (χ1) is 7.59. The number of carbonyl (C=O) groups is 1. The van der Waals surface area contributed by atoms with Gasteiger partial charge in [-0.25, -0.2) is 0 Å². The lowest BCUT2D eigenvalue weighted by Crippen LogP contribution is -2.23. The summed E-state index contributed by atoms with van der Waals surface area (Å²) in [4.78, 5) is 13.0. The van der Waals surface area contributed by atoms with Crippen LogP contribution in [-0.4, -0.2) is 51.3 Å². The van der Waals surface area contributed by atoms with Crippen LogP contribution < -0.4 is 0 Å². The molecule has 4 nitrogen and oxygen atoms in total. The standard InChI is InChI=1S/C11H21NO3S/c1-10(11(13)14)9-16(15)8-4-7-12-5-2-3-6-12/h10H,2-9H2,1H3,(H,13,14). The van der Waals surface area contributed by atoms with Crippen molar-refractivity contribution in [1.29, 1.82) is 0 Å². The van der Waals surface area contributed by atoms with Gasteiger partial charge in [0.25, 0.3) is 0 Å². The van der Waals surface area contributed by atoms with E-state index in [1.807, 2.05) is 0 Å². The van der Waals surface area contributed by atoms with Crippen molar-refractivity contribution in [2.75, 3.05) is 31.1 Å². The molecule has 1 saturated heterocycles. The second kappa shape index (κ2) is 7.01. The van der Waals surface area contributed by atoms with Crippen LogP contribution in [0.5, 0.6) is 0 Å². The lowest BCUT2D eigenvalue weighted by atomic mass is 10.2. The molecule has 0 aliphatic carbocycles. The molecule has 1 aliphatic rings. The van der Waals surface area contributed by atoms with Crippen molar-refractivity contribution in [3.8, 4) is 0 Å². The molecule has 2 unspecified atom stereocenters. The maximum Gasteiger partial charge on any atom is 0.307 e. The van der Waals surface area contributed by atoms with Crippen LogP contribution in [0.15, 0.2) is 0 Å². The summed E-state index contributed by atoms with van der Waals surface area (Å²) in [6, 6.07) is 0. The predicted molar refractivity (Wildman–Crippen MR) is 65.0 cm³/mol. The zero-order valence-corrected chi connectivity index (χ0v) is 10.7. The molecule has 0 bridgehead atoms. The van der Waals surface area contributed by atoms with Crippen molar-refractivity contribution >= 4 is 16.8 Å². The first-order valence-electron chi connectivity index (χ1n) is 5.89. The molecular weight excluding hydrogens is 226 g/mol. The smallest absolute Gasteiger partial charge is 0.307 e. The van der Waals surface area contributed by atoms with Crippen LogP contribution >= 0.6 is 0 Å². The van der Waals surface area contributed by atoms with Gasteiger partial charge in [-0.05, 0) is 38.9 Å².